The van der Waals surface area contributed by atoms with Gasteiger partial charge in [-0.2, -0.15) is 0 Å². The van der Waals surface area contributed by atoms with Crippen LogP contribution in [0, 0.1) is 16.7 Å². The number of esters is 3. The molecule has 0 aromatic heterocycles. The second-order valence-corrected chi connectivity index (χ2v) is 17.5. The molecule has 3 aliphatic rings. The van der Waals surface area contributed by atoms with E-state index in [2.05, 4.69) is 59.4 Å². The Hall–Kier alpha value is -3.18. The Morgan fingerprint density at radius 2 is 1.23 bits per heavy atom. The summed E-state index contributed by atoms with van der Waals surface area (Å²) in [4.78, 5) is 42.2. The van der Waals surface area contributed by atoms with Crippen LogP contribution in [0.3, 0.4) is 0 Å². The predicted octanol–water partition coefficient (Wildman–Crippen LogP) is 7.18. The third-order valence-corrected chi connectivity index (χ3v) is 13.0. The fourth-order valence-electron chi connectivity index (χ4n) is 8.59. The summed E-state index contributed by atoms with van der Waals surface area (Å²) in [6.45, 7) is 23.7. The number of hydrogen-bond acceptors (Lipinski definition) is 13. The van der Waals surface area contributed by atoms with E-state index in [1.165, 1.54) is 16.3 Å². The molecule has 2 aromatic carbocycles. The molecule has 0 amide bonds. The maximum absolute atomic E-state index is 12.8. The first-order chi connectivity index (χ1) is 30.6. The lowest BCUT2D eigenvalue weighted by Gasteiger charge is -2.40. The summed E-state index contributed by atoms with van der Waals surface area (Å²) in [6.07, 6.45) is 11.4. The van der Waals surface area contributed by atoms with Crippen LogP contribution in [-0.4, -0.2) is 140 Å². The summed E-state index contributed by atoms with van der Waals surface area (Å²) in [5.41, 5.74) is 0.411. The Morgan fingerprint density at radius 3 is 1.69 bits per heavy atom. The van der Waals surface area contributed by atoms with Crippen LogP contribution in [0.5, 0.6) is 5.75 Å². The molecule has 3 N–H and O–H groups in total. The van der Waals surface area contributed by atoms with Crippen molar-refractivity contribution in [1.29, 1.82) is 0 Å². The zero-order valence-corrected chi connectivity index (χ0v) is 41.5. The number of carbonyl (C=O) groups excluding carboxylic acids is 3. The van der Waals surface area contributed by atoms with Crippen LogP contribution in [0.1, 0.15) is 84.1 Å². The second-order valence-electron chi connectivity index (χ2n) is 16.8. The Morgan fingerprint density at radius 1 is 0.750 bits per heavy atom. The minimum atomic E-state index is -0.471. The molecule has 0 radical (unpaired) electrons. The number of aryl methyl sites for hydroxylation is 1. The Bertz CT molecular complexity index is 1700. The molecule has 3 saturated heterocycles. The molecule has 0 bridgehead atoms. The number of rotatable bonds is 17. The van der Waals surface area contributed by atoms with Crippen LogP contribution in [0.25, 0.3) is 10.8 Å². The minimum absolute atomic E-state index is 0.0324. The molecular weight excluding hydrogens is 879 g/mol. The van der Waals surface area contributed by atoms with E-state index in [0.29, 0.717) is 26.2 Å². The number of allylic oxidation sites excluding steroid dienone is 2. The maximum Gasteiger partial charge on any atom is 0.376 e. The third-order valence-electron chi connectivity index (χ3n) is 12.6. The molecule has 356 valence electrons. The highest BCUT2D eigenvalue weighted by Crippen LogP contribution is 2.39. The van der Waals surface area contributed by atoms with Crippen LogP contribution < -0.4 is 4.74 Å². The first kappa shape index (κ1) is 57.0. The van der Waals surface area contributed by atoms with Crippen molar-refractivity contribution in [3.05, 3.63) is 67.3 Å². The smallest absolute Gasteiger partial charge is 0.376 e. The monoisotopic (exact) mass is 956 g/mol. The van der Waals surface area contributed by atoms with E-state index < -0.39 is 32.0 Å². The molecule has 0 unspecified atom stereocenters. The molecule has 3 heterocycles. The van der Waals surface area contributed by atoms with Crippen LogP contribution in [0.4, 0.5) is 0 Å². The van der Waals surface area contributed by atoms with Gasteiger partial charge in [-0.15, -0.1) is 13.2 Å². The van der Waals surface area contributed by atoms with Gasteiger partial charge in [0.25, 0.3) is 0 Å². The van der Waals surface area contributed by atoms with E-state index in [0.717, 1.165) is 108 Å². The first-order valence-corrected chi connectivity index (χ1v) is 24.3. The standard InChI is InChI=1S/C23H32BNO4.C12H22BNO3.C9H18BNO3.C3H5Br/c1-4-29-22(26)23(13-15-25(16-14-23)24(2)27)12-6-9-18-7-5-8-19-10-11-20(28-3)17-21(18)19;1-4-6-12(11(15)17-5-2)7-9-14(10-8-12)13(3)16;1-3-14-9(12)8-4-6-11(7-5-8)10(2)13;1-2-3-4/h5,7-8,10-11,17,27H,4,6,9,12-16H2,1-3H3;4,16H,1,5-10H2,2-3H3;8,13H,3-7H2,1-2H3;2H,1,3H2. The molecule has 0 aliphatic carbocycles. The van der Waals surface area contributed by atoms with E-state index in [1.54, 1.807) is 39.7 Å². The molecule has 13 nitrogen and oxygen atoms in total. The quantitative estimate of drug-likeness (QED) is 0.0482. The lowest BCUT2D eigenvalue weighted by Crippen LogP contribution is -2.49. The summed E-state index contributed by atoms with van der Waals surface area (Å²) >= 11 is 3.13. The number of halogens is 1. The molecule has 5 rings (SSSR count). The SMILES string of the molecule is C=CCBr.C=CCC1(C(=O)OCC)CCN(B(C)O)CC1.CCOC(=O)C1(CCCc2cccc3ccc(OC)cc23)CCN(B(C)O)CC1.CCOC(=O)C1CCN(B(C)O)CC1. The van der Waals surface area contributed by atoms with Crippen LogP contribution in [-0.2, 0) is 35.0 Å². The molecule has 0 atom stereocenters. The second kappa shape index (κ2) is 30.2. The van der Waals surface area contributed by atoms with Gasteiger partial charge < -0.3 is 48.5 Å². The van der Waals surface area contributed by atoms with Gasteiger partial charge in [-0.25, -0.2) is 0 Å². The van der Waals surface area contributed by atoms with Crippen molar-refractivity contribution < 1.29 is 48.4 Å². The summed E-state index contributed by atoms with van der Waals surface area (Å²) in [6, 6.07) is 12.5. The molecule has 0 saturated carbocycles. The summed E-state index contributed by atoms with van der Waals surface area (Å²) < 4.78 is 21.0. The van der Waals surface area contributed by atoms with Crippen molar-refractivity contribution in [3.8, 4) is 5.75 Å². The fourth-order valence-corrected chi connectivity index (χ4v) is 8.59. The van der Waals surface area contributed by atoms with Crippen molar-refractivity contribution in [3.63, 3.8) is 0 Å². The Balaban J connectivity index is 0.000000342. The van der Waals surface area contributed by atoms with E-state index in [-0.39, 0.29) is 23.8 Å². The molecule has 64 heavy (non-hydrogen) atoms. The molecular formula is C47H77B3BrN3O10. The number of fused-ring (bicyclic) bond motifs is 1. The number of piperidine rings is 3. The molecule has 3 fully saturated rings. The van der Waals surface area contributed by atoms with E-state index in [4.69, 9.17) is 18.9 Å². The van der Waals surface area contributed by atoms with Crippen molar-refractivity contribution in [2.45, 2.75) is 105 Å². The number of carbonyl (C=O) groups is 3. The lowest BCUT2D eigenvalue weighted by molar-refractivity contribution is -0.159. The van der Waals surface area contributed by atoms with Gasteiger partial charge >= 0.3 is 39.1 Å². The first-order valence-electron chi connectivity index (χ1n) is 23.2. The van der Waals surface area contributed by atoms with Gasteiger partial charge in [-0.1, -0.05) is 52.3 Å². The Kier molecular flexibility index (Phi) is 26.9. The zero-order valence-electron chi connectivity index (χ0n) is 39.9. The van der Waals surface area contributed by atoms with Crippen molar-refractivity contribution >= 4 is 65.8 Å². The van der Waals surface area contributed by atoms with Crippen molar-refractivity contribution in [2.24, 2.45) is 16.7 Å². The van der Waals surface area contributed by atoms with E-state index >= 15 is 0 Å². The van der Waals surface area contributed by atoms with Gasteiger partial charge in [-0.05, 0) is 173 Å². The highest BCUT2D eigenvalue weighted by molar-refractivity contribution is 9.09. The minimum Gasteiger partial charge on any atom is -0.497 e. The highest BCUT2D eigenvalue weighted by Gasteiger charge is 2.44. The summed E-state index contributed by atoms with van der Waals surface area (Å²) in [7, 11) is 0.366. The number of methoxy groups -OCH3 is 1. The maximum atomic E-state index is 12.8. The number of nitrogens with zero attached hydrogens (tertiary/aromatic N) is 3. The van der Waals surface area contributed by atoms with E-state index in [1.807, 2.05) is 41.3 Å². The van der Waals surface area contributed by atoms with Gasteiger partial charge in [0, 0.05) is 5.33 Å². The topological polar surface area (TPSA) is 159 Å². The van der Waals surface area contributed by atoms with Crippen molar-refractivity contribution in [2.75, 3.05) is 71.5 Å². The number of ether oxygens (including phenoxy) is 4. The molecule has 3 aliphatic heterocycles. The molecule has 0 spiro atoms. The number of alkyl halides is 1. The fraction of sp³-hybridized carbons (Fsp3) is 0.638. The molecule has 2 aromatic rings. The van der Waals surface area contributed by atoms with Crippen LogP contribution >= 0.6 is 15.9 Å². The van der Waals surface area contributed by atoms with Gasteiger partial charge in [-0.3, -0.25) is 14.4 Å². The lowest BCUT2D eigenvalue weighted by atomic mass is 9.71. The average molecular weight is 956 g/mol. The van der Waals surface area contributed by atoms with Crippen LogP contribution in [0.2, 0.25) is 20.5 Å². The van der Waals surface area contributed by atoms with Gasteiger partial charge in [0.05, 0.1) is 43.7 Å². The number of hydrogen-bond donors (Lipinski definition) is 3. The zero-order chi connectivity index (χ0) is 47.7. The highest BCUT2D eigenvalue weighted by atomic mass is 79.9. The normalized spacial score (nSPS) is 17.4. The van der Waals surface area contributed by atoms with Gasteiger partial charge in [0.1, 0.15) is 5.75 Å². The third kappa shape index (κ3) is 17.9. The predicted molar refractivity (Wildman–Crippen MR) is 264 cm³/mol. The molecule has 17 heteroatoms. The van der Waals surface area contributed by atoms with E-state index in [9.17, 15) is 29.5 Å². The van der Waals surface area contributed by atoms with Crippen molar-refractivity contribution in [1.82, 2.24) is 14.4 Å². The summed E-state index contributed by atoms with van der Waals surface area (Å²) in [5, 5.41) is 32.0. The van der Waals surface area contributed by atoms with Crippen LogP contribution in [0.15, 0.2) is 61.7 Å². The largest absolute Gasteiger partial charge is 0.497 e. The average Bonchev–Trinajstić information content (AvgIpc) is 3.30. The number of benzene rings is 2. The van der Waals surface area contributed by atoms with Gasteiger partial charge in [0.2, 0.25) is 0 Å². The van der Waals surface area contributed by atoms with Gasteiger partial charge in [0.15, 0.2) is 0 Å². The Labute approximate surface area is 393 Å². The summed E-state index contributed by atoms with van der Waals surface area (Å²) in [5.74, 6) is 0.608.